The van der Waals surface area contributed by atoms with Crippen LogP contribution in [0.5, 0.6) is 0 Å². The lowest BCUT2D eigenvalue weighted by Gasteiger charge is -2.43. The van der Waals surface area contributed by atoms with E-state index in [4.69, 9.17) is 0 Å². The van der Waals surface area contributed by atoms with Crippen LogP contribution in [0.15, 0.2) is 30.3 Å². The highest BCUT2D eigenvalue weighted by molar-refractivity contribution is 6.08. The van der Waals surface area contributed by atoms with Crippen molar-refractivity contribution in [1.82, 2.24) is 20.4 Å². The number of imide groups is 1. The molecule has 41 heavy (non-hydrogen) atoms. The number of piperidine rings is 1. The number of nitrogens with one attached hydrogen (secondary N) is 2. The van der Waals surface area contributed by atoms with Crippen LogP contribution in [0.4, 0.5) is 31.1 Å². The van der Waals surface area contributed by atoms with Crippen LogP contribution in [0, 0.1) is 17.5 Å². The Hall–Kier alpha value is -4.10. The molecule has 1 aliphatic carbocycles. The third-order valence-electron chi connectivity index (χ3n) is 8.27. The summed E-state index contributed by atoms with van der Waals surface area (Å²) in [7, 11) is 1.48. The topological polar surface area (TPSA) is 98.8 Å². The van der Waals surface area contributed by atoms with Crippen LogP contribution >= 0.6 is 0 Å². The molecule has 2 aromatic carbocycles. The lowest BCUT2D eigenvalue weighted by atomic mass is 9.81. The van der Waals surface area contributed by atoms with E-state index < -0.39 is 89.5 Å². The highest BCUT2D eigenvalue weighted by Gasteiger charge is 2.54. The van der Waals surface area contributed by atoms with E-state index in [2.05, 4.69) is 10.6 Å². The van der Waals surface area contributed by atoms with Gasteiger partial charge in [-0.3, -0.25) is 19.7 Å². The fourth-order valence-electron chi connectivity index (χ4n) is 6.03. The molecule has 5 amide bonds. The van der Waals surface area contributed by atoms with Gasteiger partial charge in [-0.15, -0.1) is 0 Å². The summed E-state index contributed by atoms with van der Waals surface area (Å²) in [5.41, 5.74) is -0.670. The van der Waals surface area contributed by atoms with Gasteiger partial charge in [0.2, 0.25) is 5.91 Å². The van der Waals surface area contributed by atoms with Gasteiger partial charge in [0.05, 0.1) is 0 Å². The number of urea groups is 1. The minimum absolute atomic E-state index is 0.0154. The Kier molecular flexibility index (Phi) is 6.77. The molecular weight excluding hydrogens is 558 g/mol. The second-order valence-corrected chi connectivity index (χ2v) is 10.6. The number of likely N-dealkylation sites (tertiary alicyclic amines) is 1. The average Bonchev–Trinajstić information content (AvgIpc) is 3.38. The van der Waals surface area contributed by atoms with Crippen molar-refractivity contribution in [3.63, 3.8) is 0 Å². The van der Waals surface area contributed by atoms with Crippen molar-refractivity contribution in [2.45, 2.75) is 55.9 Å². The Bertz CT molecular complexity index is 1480. The second kappa shape index (κ2) is 9.77. The molecule has 5 rings (SSSR count). The second-order valence-electron chi connectivity index (χ2n) is 10.6. The number of amides is 5. The number of likely N-dealkylation sites (N-methyl/N-ethyl adjacent to an activating group) is 1. The number of nitrogens with zero attached hydrogens (tertiary/aromatic N) is 2. The van der Waals surface area contributed by atoms with Gasteiger partial charge in [0, 0.05) is 43.0 Å². The Balaban J connectivity index is 1.43. The molecule has 0 bridgehead atoms. The number of hydrogen-bond acceptors (Lipinski definition) is 4. The molecule has 218 valence electrons. The Morgan fingerprint density at radius 3 is 2.34 bits per heavy atom. The monoisotopic (exact) mass is 582 g/mol. The van der Waals surface area contributed by atoms with Crippen molar-refractivity contribution >= 4 is 23.8 Å². The normalized spacial score (nSPS) is 26.0. The van der Waals surface area contributed by atoms with E-state index in [1.807, 2.05) is 0 Å². The molecule has 0 radical (unpaired) electrons. The smallest absolute Gasteiger partial charge is 0.340 e. The molecule has 0 unspecified atom stereocenters. The first kappa shape index (κ1) is 28.4. The van der Waals surface area contributed by atoms with E-state index in [1.165, 1.54) is 31.0 Å². The summed E-state index contributed by atoms with van der Waals surface area (Å²) in [6.07, 6.45) is -5.04. The molecule has 8 nitrogen and oxygen atoms in total. The first-order chi connectivity index (χ1) is 19.1. The first-order valence-corrected chi connectivity index (χ1v) is 12.7. The van der Waals surface area contributed by atoms with Gasteiger partial charge < -0.3 is 15.1 Å². The van der Waals surface area contributed by atoms with Gasteiger partial charge in [-0.1, -0.05) is 6.07 Å². The molecule has 2 saturated heterocycles. The zero-order valence-electron chi connectivity index (χ0n) is 21.7. The highest BCUT2D eigenvalue weighted by atomic mass is 19.4. The predicted molar refractivity (Wildman–Crippen MR) is 130 cm³/mol. The minimum Gasteiger partial charge on any atom is -0.340 e. The van der Waals surface area contributed by atoms with E-state index in [0.29, 0.717) is 28.2 Å². The number of alkyl halides is 3. The van der Waals surface area contributed by atoms with E-state index in [-0.39, 0.29) is 18.4 Å². The molecule has 0 aromatic heterocycles. The molecular formula is C27H24F6N4O4. The van der Waals surface area contributed by atoms with Crippen molar-refractivity contribution in [3.8, 4) is 0 Å². The number of halogens is 6. The van der Waals surface area contributed by atoms with E-state index >= 15 is 0 Å². The fraction of sp³-hybridized carbons (Fsp3) is 0.407. The maximum Gasteiger partial charge on any atom is 0.406 e. The van der Waals surface area contributed by atoms with Gasteiger partial charge >= 0.3 is 12.2 Å². The number of carbonyl (C=O) groups is 4. The van der Waals surface area contributed by atoms with Gasteiger partial charge in [-0.05, 0) is 48.7 Å². The van der Waals surface area contributed by atoms with Crippen LogP contribution < -0.4 is 10.6 Å². The largest absolute Gasteiger partial charge is 0.406 e. The summed E-state index contributed by atoms with van der Waals surface area (Å²) in [4.78, 5) is 52.5. The van der Waals surface area contributed by atoms with E-state index in [1.54, 1.807) is 6.07 Å². The Morgan fingerprint density at radius 2 is 1.71 bits per heavy atom. The molecule has 2 heterocycles. The van der Waals surface area contributed by atoms with Crippen molar-refractivity contribution in [2.24, 2.45) is 0 Å². The summed E-state index contributed by atoms with van der Waals surface area (Å²) in [6, 6.07) is 2.06. The van der Waals surface area contributed by atoms with Crippen molar-refractivity contribution in [3.05, 3.63) is 70.0 Å². The number of hydrogen-bond donors (Lipinski definition) is 2. The third-order valence-corrected chi connectivity index (χ3v) is 8.27. The van der Waals surface area contributed by atoms with Crippen molar-refractivity contribution in [2.75, 3.05) is 13.6 Å². The van der Waals surface area contributed by atoms with Crippen LogP contribution in [0.1, 0.15) is 46.3 Å². The van der Waals surface area contributed by atoms with Crippen molar-refractivity contribution in [1.29, 1.82) is 0 Å². The van der Waals surface area contributed by atoms with Gasteiger partial charge in [0.15, 0.2) is 11.6 Å². The molecule has 2 N–H and O–H groups in total. The minimum atomic E-state index is -4.86. The lowest BCUT2D eigenvalue weighted by Crippen LogP contribution is -2.60. The SMILES string of the molecule is C[C@@H]1[C@H](c2c(F)ccc(F)c2F)C[C@H](NC(=O)c2ccc3c(c2)C[C@@]2(C3)C(=O)NC(=O)N2C)C(=O)N1CC(F)(F)F. The maximum absolute atomic E-state index is 14.7. The van der Waals surface area contributed by atoms with Gasteiger partial charge in [0.1, 0.15) is 23.9 Å². The summed E-state index contributed by atoms with van der Waals surface area (Å²) < 4.78 is 83.5. The van der Waals surface area contributed by atoms with Crippen LogP contribution in [0.3, 0.4) is 0 Å². The summed E-state index contributed by atoms with van der Waals surface area (Å²) in [5, 5.41) is 4.62. The standard InChI is InChI=1S/C27H24F6N4O4/c1-12-16(20-17(28)5-6-18(29)21(20)30)8-19(23(39)37(12)11-27(31,32)33)34-22(38)13-3-4-14-9-26(10-15(14)7-13)24(40)35-25(41)36(26)2/h3-7,12,16,19H,8-11H2,1-2H3,(H,34,38)(H,35,40,41)/t12-,16-,19+,26+/m1/s1. The first-order valence-electron chi connectivity index (χ1n) is 12.7. The van der Waals surface area contributed by atoms with Gasteiger partial charge in [-0.2, -0.15) is 13.2 Å². The molecule has 4 atom stereocenters. The van der Waals surface area contributed by atoms with Crippen molar-refractivity contribution < 1.29 is 45.5 Å². The lowest BCUT2D eigenvalue weighted by molar-refractivity contribution is -0.170. The van der Waals surface area contributed by atoms with Crippen LogP contribution in [0.2, 0.25) is 0 Å². The maximum atomic E-state index is 14.7. The van der Waals surface area contributed by atoms with Crippen LogP contribution in [-0.4, -0.2) is 70.9 Å². The molecule has 0 saturated carbocycles. The van der Waals surface area contributed by atoms with Crippen LogP contribution in [0.25, 0.3) is 0 Å². The summed E-state index contributed by atoms with van der Waals surface area (Å²) in [6.45, 7) is -0.572. The Labute approximate surface area is 229 Å². The third kappa shape index (κ3) is 4.78. The van der Waals surface area contributed by atoms with Crippen LogP contribution in [-0.2, 0) is 22.4 Å². The predicted octanol–water partition coefficient (Wildman–Crippen LogP) is 3.19. The summed E-state index contributed by atoms with van der Waals surface area (Å²) >= 11 is 0. The van der Waals surface area contributed by atoms with E-state index in [9.17, 15) is 45.5 Å². The van der Waals surface area contributed by atoms with Gasteiger partial charge in [-0.25, -0.2) is 18.0 Å². The number of fused-ring (bicyclic) bond motifs is 1. The average molecular weight is 583 g/mol. The quantitative estimate of drug-likeness (QED) is 0.329. The highest BCUT2D eigenvalue weighted by Crippen LogP contribution is 2.39. The molecule has 2 aromatic rings. The molecule has 2 fully saturated rings. The number of carbonyl (C=O) groups excluding carboxylic acids is 4. The summed E-state index contributed by atoms with van der Waals surface area (Å²) in [5.74, 6) is -8.05. The Morgan fingerprint density at radius 1 is 1.05 bits per heavy atom. The van der Waals surface area contributed by atoms with Gasteiger partial charge in [0.25, 0.3) is 11.8 Å². The molecule has 2 aliphatic heterocycles. The zero-order chi connectivity index (χ0) is 30.0. The van der Waals surface area contributed by atoms with E-state index in [0.717, 1.165) is 0 Å². The fourth-order valence-corrected chi connectivity index (χ4v) is 6.03. The molecule has 1 spiro atoms. The number of benzene rings is 2. The molecule has 3 aliphatic rings. The zero-order valence-corrected chi connectivity index (χ0v) is 21.7. The number of rotatable bonds is 4. The molecule has 14 heteroatoms.